The number of nitro benzene ring substituents is 1. The predicted octanol–water partition coefficient (Wildman–Crippen LogP) is 4.14. The van der Waals surface area contributed by atoms with Gasteiger partial charge in [-0.25, -0.2) is 8.78 Å². The zero-order chi connectivity index (χ0) is 14.7. The number of anilines is 1. The number of non-ortho nitro benzene ring substituents is 1. The topological polar surface area (TPSA) is 55.2 Å². The summed E-state index contributed by atoms with van der Waals surface area (Å²) in [6, 6.07) is 7.40. The van der Waals surface area contributed by atoms with Crippen LogP contribution in [0.1, 0.15) is 5.56 Å². The summed E-state index contributed by atoms with van der Waals surface area (Å²) in [7, 11) is 0. The Morgan fingerprint density at radius 2 is 1.90 bits per heavy atom. The van der Waals surface area contributed by atoms with Crippen molar-refractivity contribution in [2.75, 3.05) is 5.32 Å². The van der Waals surface area contributed by atoms with E-state index in [9.17, 15) is 18.9 Å². The second-order valence-corrected chi connectivity index (χ2v) is 4.42. The second-order valence-electron chi connectivity index (χ2n) is 4.02. The lowest BCUT2D eigenvalue weighted by Gasteiger charge is -2.08. The zero-order valence-electron chi connectivity index (χ0n) is 10.1. The third-order valence-electron chi connectivity index (χ3n) is 2.64. The van der Waals surface area contributed by atoms with Gasteiger partial charge in [-0.1, -0.05) is 11.6 Å². The van der Waals surface area contributed by atoms with Crippen molar-refractivity contribution in [3.8, 4) is 0 Å². The molecule has 2 aromatic rings. The molecule has 0 spiro atoms. The van der Waals surface area contributed by atoms with Crippen molar-refractivity contribution in [2.45, 2.75) is 6.54 Å². The van der Waals surface area contributed by atoms with Crippen molar-refractivity contribution < 1.29 is 13.7 Å². The molecule has 0 saturated carbocycles. The Balaban J connectivity index is 2.15. The standard InChI is InChI=1S/C13H9ClF2N2O2/c14-11-3-2-10(18(19)20)5-8(11)7-17-9-1-4-12(15)13(16)6-9/h1-6,17H,7H2. The molecular weight excluding hydrogens is 290 g/mol. The third kappa shape index (κ3) is 3.21. The van der Waals surface area contributed by atoms with Crippen LogP contribution in [0, 0.1) is 21.7 Å². The molecule has 0 aliphatic heterocycles. The molecule has 0 atom stereocenters. The van der Waals surface area contributed by atoms with Crippen LogP contribution >= 0.6 is 11.6 Å². The fourth-order valence-corrected chi connectivity index (χ4v) is 1.80. The van der Waals surface area contributed by atoms with Gasteiger partial charge in [0.25, 0.3) is 5.69 Å². The van der Waals surface area contributed by atoms with Crippen LogP contribution in [-0.4, -0.2) is 4.92 Å². The summed E-state index contributed by atoms with van der Waals surface area (Å²) in [5.41, 5.74) is 0.758. The van der Waals surface area contributed by atoms with E-state index in [0.29, 0.717) is 16.3 Å². The number of hydrogen-bond acceptors (Lipinski definition) is 3. The molecule has 0 unspecified atom stereocenters. The van der Waals surface area contributed by atoms with E-state index >= 15 is 0 Å². The SMILES string of the molecule is O=[N+]([O-])c1ccc(Cl)c(CNc2ccc(F)c(F)c2)c1. The molecule has 0 aromatic heterocycles. The van der Waals surface area contributed by atoms with E-state index in [1.165, 1.54) is 24.3 Å². The van der Waals surface area contributed by atoms with E-state index in [4.69, 9.17) is 11.6 Å². The second kappa shape index (κ2) is 5.83. The van der Waals surface area contributed by atoms with Crippen LogP contribution in [0.15, 0.2) is 36.4 Å². The van der Waals surface area contributed by atoms with Gasteiger partial charge in [-0.2, -0.15) is 0 Å². The number of rotatable bonds is 4. The molecule has 2 aromatic carbocycles. The van der Waals surface area contributed by atoms with Gasteiger partial charge < -0.3 is 5.32 Å². The van der Waals surface area contributed by atoms with Crippen LogP contribution in [0.5, 0.6) is 0 Å². The van der Waals surface area contributed by atoms with Crippen LogP contribution in [0.25, 0.3) is 0 Å². The van der Waals surface area contributed by atoms with E-state index in [1.807, 2.05) is 0 Å². The molecule has 7 heteroatoms. The third-order valence-corrected chi connectivity index (χ3v) is 3.01. The highest BCUT2D eigenvalue weighted by atomic mass is 35.5. The van der Waals surface area contributed by atoms with Gasteiger partial charge in [0, 0.05) is 35.5 Å². The summed E-state index contributed by atoms with van der Waals surface area (Å²) in [5.74, 6) is -1.91. The number of nitro groups is 1. The lowest BCUT2D eigenvalue weighted by Crippen LogP contribution is -2.02. The molecule has 104 valence electrons. The van der Waals surface area contributed by atoms with Gasteiger partial charge in [0.05, 0.1) is 4.92 Å². The van der Waals surface area contributed by atoms with Crippen LogP contribution in [-0.2, 0) is 6.54 Å². The Morgan fingerprint density at radius 1 is 1.15 bits per heavy atom. The maximum absolute atomic E-state index is 13.0. The molecule has 0 aliphatic rings. The van der Waals surface area contributed by atoms with Crippen molar-refractivity contribution in [1.82, 2.24) is 0 Å². The fraction of sp³-hybridized carbons (Fsp3) is 0.0769. The highest BCUT2D eigenvalue weighted by Gasteiger charge is 2.10. The molecule has 0 radical (unpaired) electrons. The van der Waals surface area contributed by atoms with Crippen molar-refractivity contribution >= 4 is 23.0 Å². The van der Waals surface area contributed by atoms with Gasteiger partial charge in [0.1, 0.15) is 0 Å². The first-order chi connectivity index (χ1) is 9.47. The van der Waals surface area contributed by atoms with Crippen LogP contribution in [0.4, 0.5) is 20.2 Å². The summed E-state index contributed by atoms with van der Waals surface area (Å²) in [6.07, 6.45) is 0. The summed E-state index contributed by atoms with van der Waals surface area (Å²) in [5, 5.41) is 13.8. The minimum Gasteiger partial charge on any atom is -0.381 e. The lowest BCUT2D eigenvalue weighted by atomic mass is 10.2. The largest absolute Gasteiger partial charge is 0.381 e. The Hall–Kier alpha value is -2.21. The average molecular weight is 299 g/mol. The average Bonchev–Trinajstić information content (AvgIpc) is 2.41. The maximum atomic E-state index is 13.0. The molecule has 2 rings (SSSR count). The monoisotopic (exact) mass is 298 g/mol. The van der Waals surface area contributed by atoms with E-state index in [0.717, 1.165) is 12.1 Å². The van der Waals surface area contributed by atoms with Crippen molar-refractivity contribution in [3.63, 3.8) is 0 Å². The Labute approximate surface area is 118 Å². The highest BCUT2D eigenvalue weighted by Crippen LogP contribution is 2.23. The van der Waals surface area contributed by atoms with Crippen LogP contribution < -0.4 is 5.32 Å². The molecule has 0 aliphatic carbocycles. The molecule has 20 heavy (non-hydrogen) atoms. The Kier molecular flexibility index (Phi) is 4.14. The summed E-state index contributed by atoms with van der Waals surface area (Å²) >= 11 is 5.93. The van der Waals surface area contributed by atoms with Crippen LogP contribution in [0.2, 0.25) is 5.02 Å². The maximum Gasteiger partial charge on any atom is 0.269 e. The molecule has 4 nitrogen and oxygen atoms in total. The first kappa shape index (κ1) is 14.2. The molecule has 0 bridgehead atoms. The number of nitrogens with one attached hydrogen (secondary N) is 1. The quantitative estimate of drug-likeness (QED) is 0.682. The van der Waals surface area contributed by atoms with Gasteiger partial charge >= 0.3 is 0 Å². The molecule has 0 saturated heterocycles. The minimum absolute atomic E-state index is 0.0866. The number of nitrogens with zero attached hydrogens (tertiary/aromatic N) is 1. The normalized spacial score (nSPS) is 10.3. The molecule has 1 N–H and O–H groups in total. The summed E-state index contributed by atoms with van der Waals surface area (Å²) in [6.45, 7) is 0.158. The Bertz CT molecular complexity index is 665. The van der Waals surface area contributed by atoms with Crippen molar-refractivity contribution in [1.29, 1.82) is 0 Å². The van der Waals surface area contributed by atoms with Gasteiger partial charge in [0.15, 0.2) is 11.6 Å². The molecule has 0 fully saturated rings. The zero-order valence-corrected chi connectivity index (χ0v) is 10.8. The number of benzene rings is 2. The van der Waals surface area contributed by atoms with Crippen LogP contribution in [0.3, 0.4) is 0 Å². The van der Waals surface area contributed by atoms with Gasteiger partial charge in [-0.3, -0.25) is 10.1 Å². The molecule has 0 amide bonds. The summed E-state index contributed by atoms with van der Waals surface area (Å²) in [4.78, 5) is 10.1. The van der Waals surface area contributed by atoms with E-state index in [2.05, 4.69) is 5.32 Å². The van der Waals surface area contributed by atoms with Gasteiger partial charge in [0.2, 0.25) is 0 Å². The smallest absolute Gasteiger partial charge is 0.269 e. The van der Waals surface area contributed by atoms with Crippen molar-refractivity contribution in [3.05, 3.63) is 68.7 Å². The minimum atomic E-state index is -0.972. The van der Waals surface area contributed by atoms with E-state index in [-0.39, 0.29) is 12.2 Å². The fourth-order valence-electron chi connectivity index (χ4n) is 1.61. The van der Waals surface area contributed by atoms with E-state index < -0.39 is 16.6 Å². The van der Waals surface area contributed by atoms with E-state index in [1.54, 1.807) is 0 Å². The lowest BCUT2D eigenvalue weighted by molar-refractivity contribution is -0.384. The Morgan fingerprint density at radius 3 is 2.55 bits per heavy atom. The van der Waals surface area contributed by atoms with Gasteiger partial charge in [-0.05, 0) is 23.8 Å². The number of hydrogen-bond donors (Lipinski definition) is 1. The first-order valence-corrected chi connectivity index (χ1v) is 5.97. The summed E-state index contributed by atoms with van der Waals surface area (Å²) < 4.78 is 25.8. The predicted molar refractivity (Wildman–Crippen MR) is 71.8 cm³/mol. The molecular formula is C13H9ClF2N2O2. The first-order valence-electron chi connectivity index (χ1n) is 5.59. The molecule has 0 heterocycles. The van der Waals surface area contributed by atoms with Gasteiger partial charge in [-0.15, -0.1) is 0 Å². The highest BCUT2D eigenvalue weighted by molar-refractivity contribution is 6.31. The van der Waals surface area contributed by atoms with Crippen molar-refractivity contribution in [2.24, 2.45) is 0 Å². The number of halogens is 3.